The zero-order valence-electron chi connectivity index (χ0n) is 9.71. The Bertz CT molecular complexity index is 857. The molecule has 2 aromatic heterocycles. The number of methoxy groups -OCH3 is 1. The molecule has 2 heterocycles. The van der Waals surface area contributed by atoms with E-state index in [9.17, 15) is 0 Å². The van der Waals surface area contributed by atoms with E-state index >= 15 is 0 Å². The van der Waals surface area contributed by atoms with Gasteiger partial charge in [-0.3, -0.25) is 0 Å². The van der Waals surface area contributed by atoms with Crippen LogP contribution in [0.25, 0.3) is 32.6 Å². The largest absolute Gasteiger partial charge is 0.481 e. The summed E-state index contributed by atoms with van der Waals surface area (Å²) in [6.45, 7) is 0. The zero-order chi connectivity index (χ0) is 12.1. The van der Waals surface area contributed by atoms with E-state index < -0.39 is 0 Å². The van der Waals surface area contributed by atoms with Crippen molar-refractivity contribution in [3.63, 3.8) is 0 Å². The predicted molar refractivity (Wildman–Crippen MR) is 70.1 cm³/mol. The van der Waals surface area contributed by atoms with E-state index in [2.05, 4.69) is 15.0 Å². The minimum absolute atomic E-state index is 0.640. The van der Waals surface area contributed by atoms with E-state index in [0.717, 1.165) is 32.6 Å². The van der Waals surface area contributed by atoms with Crippen molar-refractivity contribution < 1.29 is 4.74 Å². The molecule has 0 amide bonds. The van der Waals surface area contributed by atoms with Crippen LogP contribution in [0.15, 0.2) is 36.8 Å². The van der Waals surface area contributed by atoms with Gasteiger partial charge >= 0.3 is 0 Å². The molecular weight excluding hydrogens is 226 g/mol. The molecule has 0 radical (unpaired) electrons. The van der Waals surface area contributed by atoms with Gasteiger partial charge in [-0.15, -0.1) is 0 Å². The van der Waals surface area contributed by atoms with Crippen molar-refractivity contribution in [1.82, 2.24) is 15.0 Å². The van der Waals surface area contributed by atoms with Gasteiger partial charge in [-0.05, 0) is 18.2 Å². The summed E-state index contributed by atoms with van der Waals surface area (Å²) in [5, 5.41) is 4.28. The highest BCUT2D eigenvalue weighted by molar-refractivity contribution is 6.21. The van der Waals surface area contributed by atoms with Gasteiger partial charge in [0.2, 0.25) is 5.88 Å². The lowest BCUT2D eigenvalue weighted by Gasteiger charge is -2.10. The Hall–Kier alpha value is -2.49. The summed E-state index contributed by atoms with van der Waals surface area (Å²) in [5.41, 5.74) is 1.90. The van der Waals surface area contributed by atoms with Gasteiger partial charge in [-0.25, -0.2) is 15.0 Å². The smallest absolute Gasteiger partial charge is 0.221 e. The van der Waals surface area contributed by atoms with Crippen molar-refractivity contribution in [1.29, 1.82) is 0 Å². The summed E-state index contributed by atoms with van der Waals surface area (Å²) in [5.74, 6) is 0.640. The van der Waals surface area contributed by atoms with Gasteiger partial charge in [-0.1, -0.05) is 6.07 Å². The molecule has 2 aromatic carbocycles. The van der Waals surface area contributed by atoms with Crippen LogP contribution in [0.2, 0.25) is 0 Å². The molecule has 86 valence electrons. The lowest BCUT2D eigenvalue weighted by Crippen LogP contribution is -1.93. The van der Waals surface area contributed by atoms with Crippen molar-refractivity contribution in [3.05, 3.63) is 36.8 Å². The molecule has 0 aliphatic heterocycles. The highest BCUT2D eigenvalue weighted by atomic mass is 16.5. The van der Waals surface area contributed by atoms with Crippen LogP contribution in [-0.2, 0) is 0 Å². The fraction of sp³-hybridized carbons (Fsp3) is 0.0714. The SMILES string of the molecule is COc1ncc2ccc3ncnc4ccc1c2c34. The monoisotopic (exact) mass is 235 g/mol. The average molecular weight is 235 g/mol. The third-order valence-corrected chi connectivity index (χ3v) is 3.29. The third kappa shape index (κ3) is 1.07. The number of aromatic nitrogens is 3. The van der Waals surface area contributed by atoms with Gasteiger partial charge in [0.1, 0.15) is 6.33 Å². The number of nitrogens with zero attached hydrogens (tertiary/aromatic N) is 3. The second-order valence-corrected chi connectivity index (χ2v) is 4.20. The summed E-state index contributed by atoms with van der Waals surface area (Å²) >= 11 is 0. The molecule has 0 spiro atoms. The molecule has 0 aliphatic carbocycles. The first-order chi connectivity index (χ1) is 8.88. The topological polar surface area (TPSA) is 47.9 Å². The number of hydrogen-bond acceptors (Lipinski definition) is 4. The Morgan fingerprint density at radius 3 is 2.44 bits per heavy atom. The first kappa shape index (κ1) is 9.53. The van der Waals surface area contributed by atoms with E-state index in [1.807, 2.05) is 30.5 Å². The van der Waals surface area contributed by atoms with Crippen molar-refractivity contribution in [3.8, 4) is 5.88 Å². The van der Waals surface area contributed by atoms with Crippen LogP contribution in [0, 0.1) is 0 Å². The van der Waals surface area contributed by atoms with Crippen LogP contribution in [0.5, 0.6) is 5.88 Å². The van der Waals surface area contributed by atoms with Gasteiger partial charge in [0.25, 0.3) is 0 Å². The number of hydrogen-bond donors (Lipinski definition) is 0. The molecule has 4 nitrogen and oxygen atoms in total. The number of ether oxygens (including phenoxy) is 1. The summed E-state index contributed by atoms with van der Waals surface area (Å²) in [6, 6.07) is 8.02. The fourth-order valence-electron chi connectivity index (χ4n) is 2.50. The van der Waals surface area contributed by atoms with E-state index in [-0.39, 0.29) is 0 Å². The molecule has 4 heteroatoms. The van der Waals surface area contributed by atoms with Crippen LogP contribution in [-0.4, -0.2) is 22.1 Å². The van der Waals surface area contributed by atoms with Gasteiger partial charge in [0, 0.05) is 27.7 Å². The van der Waals surface area contributed by atoms with Crippen LogP contribution in [0.4, 0.5) is 0 Å². The number of pyridine rings is 1. The van der Waals surface area contributed by atoms with E-state index in [4.69, 9.17) is 4.74 Å². The highest BCUT2D eigenvalue weighted by Gasteiger charge is 2.12. The lowest BCUT2D eigenvalue weighted by molar-refractivity contribution is 0.403. The Morgan fingerprint density at radius 1 is 0.889 bits per heavy atom. The molecule has 0 bridgehead atoms. The quantitative estimate of drug-likeness (QED) is 0.476. The molecule has 0 saturated heterocycles. The van der Waals surface area contributed by atoms with Gasteiger partial charge in [0.15, 0.2) is 0 Å². The number of benzene rings is 2. The van der Waals surface area contributed by atoms with Crippen LogP contribution < -0.4 is 4.74 Å². The lowest BCUT2D eigenvalue weighted by atomic mass is 10.0. The van der Waals surface area contributed by atoms with Gasteiger partial charge in [-0.2, -0.15) is 0 Å². The predicted octanol–water partition coefficient (Wildman–Crippen LogP) is 2.78. The minimum Gasteiger partial charge on any atom is -0.481 e. The number of rotatable bonds is 1. The molecule has 4 aromatic rings. The molecule has 0 atom stereocenters. The van der Waals surface area contributed by atoms with Crippen molar-refractivity contribution >= 4 is 32.6 Å². The second-order valence-electron chi connectivity index (χ2n) is 4.20. The van der Waals surface area contributed by atoms with Crippen LogP contribution >= 0.6 is 0 Å². The second kappa shape index (κ2) is 3.26. The zero-order valence-corrected chi connectivity index (χ0v) is 9.71. The maximum absolute atomic E-state index is 5.32. The molecule has 0 aliphatic rings. The first-order valence-corrected chi connectivity index (χ1v) is 5.67. The fourth-order valence-corrected chi connectivity index (χ4v) is 2.50. The molecule has 0 unspecified atom stereocenters. The highest BCUT2D eigenvalue weighted by Crippen LogP contribution is 2.35. The van der Waals surface area contributed by atoms with E-state index in [1.54, 1.807) is 13.4 Å². The van der Waals surface area contributed by atoms with E-state index in [1.165, 1.54) is 0 Å². The maximum Gasteiger partial charge on any atom is 0.221 e. The Morgan fingerprint density at radius 2 is 1.67 bits per heavy atom. The van der Waals surface area contributed by atoms with Crippen molar-refractivity contribution in [2.75, 3.05) is 7.11 Å². The Kier molecular flexibility index (Phi) is 1.73. The summed E-state index contributed by atoms with van der Waals surface area (Å²) < 4.78 is 5.32. The standard InChI is InChI=1S/C14H9N3O/c1-18-14-9-3-5-11-13-10(16-7-17-11)4-2-8(6-15-14)12(9)13/h2-7H,1H3. The first-order valence-electron chi connectivity index (χ1n) is 5.67. The van der Waals surface area contributed by atoms with Crippen LogP contribution in [0.3, 0.4) is 0 Å². The summed E-state index contributed by atoms with van der Waals surface area (Å²) in [4.78, 5) is 13.0. The molecular formula is C14H9N3O. The van der Waals surface area contributed by atoms with Crippen molar-refractivity contribution in [2.45, 2.75) is 0 Å². The Balaban J connectivity index is 2.40. The summed E-state index contributed by atoms with van der Waals surface area (Å²) in [6.07, 6.45) is 3.42. The van der Waals surface area contributed by atoms with Gasteiger partial charge in [0.05, 0.1) is 18.1 Å². The molecule has 18 heavy (non-hydrogen) atoms. The van der Waals surface area contributed by atoms with Gasteiger partial charge < -0.3 is 4.74 Å². The minimum atomic E-state index is 0.640. The molecule has 0 saturated carbocycles. The molecule has 0 fully saturated rings. The van der Waals surface area contributed by atoms with E-state index in [0.29, 0.717) is 5.88 Å². The third-order valence-electron chi connectivity index (χ3n) is 3.29. The maximum atomic E-state index is 5.32. The molecule has 0 N–H and O–H groups in total. The normalized spacial score (nSPS) is 11.6. The Labute approximate surface area is 103 Å². The average Bonchev–Trinajstić information content (AvgIpc) is 2.44. The van der Waals surface area contributed by atoms with Crippen LogP contribution in [0.1, 0.15) is 0 Å². The summed E-state index contributed by atoms with van der Waals surface area (Å²) in [7, 11) is 1.63. The molecule has 4 rings (SSSR count). The van der Waals surface area contributed by atoms with Crippen molar-refractivity contribution in [2.24, 2.45) is 0 Å².